The first-order valence-electron chi connectivity index (χ1n) is 12.8. The fourth-order valence-electron chi connectivity index (χ4n) is 6.86. The summed E-state index contributed by atoms with van der Waals surface area (Å²) in [6.45, 7) is 4.07. The van der Waals surface area contributed by atoms with Crippen LogP contribution in [0.15, 0.2) is 12.3 Å². The second-order valence-electron chi connectivity index (χ2n) is 10.8. The highest BCUT2D eigenvalue weighted by Crippen LogP contribution is 2.55. The van der Waals surface area contributed by atoms with E-state index < -0.39 is 17.2 Å². The molecule has 3 unspecified atom stereocenters. The molecule has 0 N–H and O–H groups in total. The normalized spacial score (nSPS) is 35.1. The van der Waals surface area contributed by atoms with Gasteiger partial charge in [0.2, 0.25) is 5.91 Å². The Labute approximate surface area is 204 Å². The zero-order valence-electron chi connectivity index (χ0n) is 20.5. The first-order chi connectivity index (χ1) is 16.7. The van der Waals surface area contributed by atoms with Gasteiger partial charge in [-0.05, 0) is 62.0 Å². The van der Waals surface area contributed by atoms with Crippen molar-refractivity contribution in [3.8, 4) is 0 Å². The Morgan fingerprint density at radius 1 is 1.34 bits per heavy atom. The van der Waals surface area contributed by atoms with Gasteiger partial charge in [0.25, 0.3) is 0 Å². The van der Waals surface area contributed by atoms with Gasteiger partial charge in [-0.1, -0.05) is 6.92 Å². The van der Waals surface area contributed by atoms with E-state index in [9.17, 15) is 18.0 Å². The van der Waals surface area contributed by atoms with Gasteiger partial charge in [0.05, 0.1) is 35.9 Å². The molecule has 1 amide bonds. The Morgan fingerprint density at radius 3 is 2.91 bits per heavy atom. The van der Waals surface area contributed by atoms with Gasteiger partial charge in [0.15, 0.2) is 0 Å². The van der Waals surface area contributed by atoms with Crippen molar-refractivity contribution in [2.45, 2.75) is 82.9 Å². The molecule has 1 aromatic heterocycles. The summed E-state index contributed by atoms with van der Waals surface area (Å²) in [5.41, 5.74) is -0.203. The lowest BCUT2D eigenvalue weighted by molar-refractivity contribution is -0.145. The molecular formula is C26H35F3N2O4. The molecule has 0 bridgehead atoms. The highest BCUT2D eigenvalue weighted by molar-refractivity contribution is 5.84. The van der Waals surface area contributed by atoms with Gasteiger partial charge in [-0.25, -0.2) is 0 Å². The number of alkyl halides is 3. The third-order valence-electron chi connectivity index (χ3n) is 8.68. The van der Waals surface area contributed by atoms with Gasteiger partial charge >= 0.3 is 6.18 Å². The minimum absolute atomic E-state index is 0.0410. The number of hydrogen-bond donors (Lipinski definition) is 0. The van der Waals surface area contributed by atoms with Crippen LogP contribution in [0.2, 0.25) is 0 Å². The molecule has 35 heavy (non-hydrogen) atoms. The van der Waals surface area contributed by atoms with Crippen molar-refractivity contribution in [1.29, 1.82) is 0 Å². The van der Waals surface area contributed by atoms with Crippen LogP contribution in [0.5, 0.6) is 0 Å². The number of carbonyl (C=O) groups excluding carboxylic acids is 1. The fourth-order valence-corrected chi connectivity index (χ4v) is 6.86. The lowest BCUT2D eigenvalue weighted by Gasteiger charge is -2.37. The number of carbonyl (C=O) groups is 1. The minimum Gasteiger partial charge on any atom is -0.379 e. The van der Waals surface area contributed by atoms with E-state index in [2.05, 4.69) is 11.9 Å². The van der Waals surface area contributed by atoms with Crippen molar-refractivity contribution in [3.63, 3.8) is 0 Å². The molecule has 3 aliphatic heterocycles. The van der Waals surface area contributed by atoms with Crippen molar-refractivity contribution in [3.05, 3.63) is 29.1 Å². The Kier molecular flexibility index (Phi) is 6.87. The van der Waals surface area contributed by atoms with Crippen LogP contribution in [0, 0.1) is 17.3 Å². The largest absolute Gasteiger partial charge is 0.417 e. The minimum atomic E-state index is -4.45. The first kappa shape index (κ1) is 25.0. The van der Waals surface area contributed by atoms with Crippen LogP contribution < -0.4 is 0 Å². The number of rotatable bonds is 5. The van der Waals surface area contributed by atoms with E-state index in [1.54, 1.807) is 12.0 Å². The third-order valence-corrected chi connectivity index (χ3v) is 8.68. The van der Waals surface area contributed by atoms with Crippen LogP contribution in [0.25, 0.3) is 0 Å². The smallest absolute Gasteiger partial charge is 0.379 e. The lowest BCUT2D eigenvalue weighted by atomic mass is 9.77. The second kappa shape index (κ2) is 9.63. The summed E-state index contributed by atoms with van der Waals surface area (Å²) < 4.78 is 57.4. The first-order valence-corrected chi connectivity index (χ1v) is 12.8. The molecule has 9 heteroatoms. The summed E-state index contributed by atoms with van der Waals surface area (Å²) in [5, 5.41) is 0. The summed E-state index contributed by atoms with van der Waals surface area (Å²) in [6, 6.07) is 1.16. The Hall–Kier alpha value is -1.71. The molecule has 1 saturated carbocycles. The van der Waals surface area contributed by atoms with E-state index in [1.165, 1.54) is 0 Å². The molecular weight excluding hydrogens is 461 g/mol. The number of halogens is 3. The number of aromatic nitrogens is 1. The van der Waals surface area contributed by atoms with Gasteiger partial charge < -0.3 is 19.1 Å². The number of methoxy groups -OCH3 is 1. The van der Waals surface area contributed by atoms with Crippen molar-refractivity contribution >= 4 is 5.91 Å². The van der Waals surface area contributed by atoms with Crippen molar-refractivity contribution in [2.24, 2.45) is 17.3 Å². The standard InChI is InChI=1S/C26H35F3N2O4/c1-3-20-12-25(11-16(9-23(25)35-20)8-17-5-7-34-15-22(17)33-2)24(32)31-6-4-21-18(14-31)10-19(13-30-21)26(27,28)29/h10,13,16-17,20,22-23H,3-9,11-12,14-15H2,1-2H3/t16-,17?,20?,22?,23-,25+/m1/s1. The summed E-state index contributed by atoms with van der Waals surface area (Å²) in [7, 11) is 1.73. The van der Waals surface area contributed by atoms with E-state index in [4.69, 9.17) is 14.2 Å². The van der Waals surface area contributed by atoms with Gasteiger partial charge in [0, 0.05) is 45.1 Å². The lowest BCUT2D eigenvalue weighted by Crippen LogP contribution is -2.48. The molecule has 0 radical (unpaired) electrons. The Bertz CT molecular complexity index is 942. The monoisotopic (exact) mass is 496 g/mol. The molecule has 1 aliphatic carbocycles. The molecule has 2 saturated heterocycles. The topological polar surface area (TPSA) is 60.9 Å². The summed E-state index contributed by atoms with van der Waals surface area (Å²) in [6.07, 6.45) is 2.01. The molecule has 0 spiro atoms. The average molecular weight is 497 g/mol. The molecule has 6 nitrogen and oxygen atoms in total. The molecule has 5 rings (SSSR count). The molecule has 1 aromatic rings. The van der Waals surface area contributed by atoms with Crippen LogP contribution in [-0.2, 0) is 38.1 Å². The highest BCUT2D eigenvalue weighted by Gasteiger charge is 2.60. The average Bonchev–Trinajstić information content (AvgIpc) is 3.37. The van der Waals surface area contributed by atoms with Gasteiger partial charge in [-0.2, -0.15) is 13.2 Å². The number of hydrogen-bond acceptors (Lipinski definition) is 5. The molecule has 4 aliphatic rings. The van der Waals surface area contributed by atoms with Crippen LogP contribution in [0.4, 0.5) is 13.2 Å². The number of pyridine rings is 1. The number of fused-ring (bicyclic) bond motifs is 2. The van der Waals surface area contributed by atoms with E-state index in [0.717, 1.165) is 51.0 Å². The van der Waals surface area contributed by atoms with Crippen LogP contribution >= 0.6 is 0 Å². The number of amides is 1. The zero-order valence-corrected chi connectivity index (χ0v) is 20.5. The molecule has 194 valence electrons. The third kappa shape index (κ3) is 4.71. The molecule has 4 heterocycles. The summed E-state index contributed by atoms with van der Waals surface area (Å²) in [5.74, 6) is 0.804. The second-order valence-corrected chi connectivity index (χ2v) is 10.8. The van der Waals surface area contributed by atoms with E-state index >= 15 is 0 Å². The highest BCUT2D eigenvalue weighted by atomic mass is 19.4. The maximum Gasteiger partial charge on any atom is 0.417 e. The van der Waals surface area contributed by atoms with E-state index in [1.807, 2.05) is 0 Å². The summed E-state index contributed by atoms with van der Waals surface area (Å²) in [4.78, 5) is 19.9. The number of ether oxygens (including phenoxy) is 3. The van der Waals surface area contributed by atoms with Gasteiger partial charge in [0.1, 0.15) is 0 Å². The van der Waals surface area contributed by atoms with Crippen molar-refractivity contribution < 1.29 is 32.2 Å². The predicted octanol–water partition coefficient (Wildman–Crippen LogP) is 4.39. The summed E-state index contributed by atoms with van der Waals surface area (Å²) >= 11 is 0. The Balaban J connectivity index is 1.34. The SMILES string of the molecule is CCC1C[C@@]2(C(=O)N3CCc4ncc(C(F)(F)F)cc4C3)C[C@H](CC3CCOCC3OC)C[C@H]2O1. The van der Waals surface area contributed by atoms with E-state index in [0.29, 0.717) is 49.1 Å². The van der Waals surface area contributed by atoms with Crippen LogP contribution in [0.3, 0.4) is 0 Å². The molecule has 0 aromatic carbocycles. The maximum atomic E-state index is 14.1. The quantitative estimate of drug-likeness (QED) is 0.605. The van der Waals surface area contributed by atoms with Crippen molar-refractivity contribution in [1.82, 2.24) is 9.88 Å². The molecule has 6 atom stereocenters. The van der Waals surface area contributed by atoms with Crippen molar-refractivity contribution in [2.75, 3.05) is 26.9 Å². The predicted molar refractivity (Wildman–Crippen MR) is 121 cm³/mol. The maximum absolute atomic E-state index is 14.1. The molecule has 3 fully saturated rings. The van der Waals surface area contributed by atoms with Gasteiger partial charge in [-0.15, -0.1) is 0 Å². The zero-order chi connectivity index (χ0) is 24.8. The van der Waals surface area contributed by atoms with Crippen LogP contribution in [0.1, 0.15) is 62.3 Å². The van der Waals surface area contributed by atoms with Gasteiger partial charge in [-0.3, -0.25) is 9.78 Å². The van der Waals surface area contributed by atoms with Crippen LogP contribution in [-0.4, -0.2) is 61.0 Å². The van der Waals surface area contributed by atoms with E-state index in [-0.39, 0.29) is 30.8 Å². The fraction of sp³-hybridized carbons (Fsp3) is 0.769. The number of nitrogens with zero attached hydrogens (tertiary/aromatic N) is 2. The Morgan fingerprint density at radius 2 is 2.17 bits per heavy atom.